The fourth-order valence-electron chi connectivity index (χ4n) is 5.71. The van der Waals surface area contributed by atoms with Crippen LogP contribution < -0.4 is 5.32 Å². The lowest BCUT2D eigenvalue weighted by Crippen LogP contribution is -2.52. The molecule has 1 aromatic carbocycles. The van der Waals surface area contributed by atoms with E-state index in [1.54, 1.807) is 4.90 Å². The maximum atomic E-state index is 13.1. The number of nitrogens with zero attached hydrogens (tertiary/aromatic N) is 4. The molecule has 0 radical (unpaired) electrons. The number of fused-ring (bicyclic) bond motifs is 2. The van der Waals surface area contributed by atoms with Gasteiger partial charge in [-0.2, -0.15) is 0 Å². The number of carbonyl (C=O) groups excluding carboxylic acids is 3. The Morgan fingerprint density at radius 3 is 2.69 bits per heavy atom. The van der Waals surface area contributed by atoms with Gasteiger partial charge in [0.05, 0.1) is 12.3 Å². The minimum atomic E-state index is -0.630. The molecule has 186 valence electrons. The molecule has 1 atom stereocenters. The van der Waals surface area contributed by atoms with Gasteiger partial charge in [0.1, 0.15) is 11.7 Å². The quantitative estimate of drug-likeness (QED) is 0.516. The third-order valence-electron chi connectivity index (χ3n) is 7.57. The molecule has 2 N–H and O–H groups in total. The minimum absolute atomic E-state index is 0.0360. The normalized spacial score (nSPS) is 20.4. The molecule has 2 fully saturated rings. The maximum absolute atomic E-state index is 13.1. The first-order valence-corrected chi connectivity index (χ1v) is 12.6. The lowest BCUT2D eigenvalue weighted by Gasteiger charge is -2.29. The number of aromatic nitrogens is 2. The van der Waals surface area contributed by atoms with Crippen molar-refractivity contribution >= 4 is 28.8 Å². The molecule has 9 heteroatoms. The monoisotopic (exact) mass is 487 g/mol. The Bertz CT molecular complexity index is 1370. The molecular weight excluding hydrogens is 458 g/mol. The topological polar surface area (TPSA) is 108 Å². The zero-order chi connectivity index (χ0) is 24.8. The number of likely N-dealkylation sites (tertiary alicyclic amines) is 1. The Balaban J connectivity index is 1.35. The zero-order valence-corrected chi connectivity index (χ0v) is 20.1. The summed E-state index contributed by atoms with van der Waals surface area (Å²) in [5, 5.41) is 13.0. The van der Waals surface area contributed by atoms with Crippen molar-refractivity contribution in [3.8, 4) is 11.3 Å². The zero-order valence-electron chi connectivity index (χ0n) is 20.1. The number of benzene rings is 1. The molecule has 3 aliphatic heterocycles. The maximum Gasteiger partial charge on any atom is 0.255 e. The molecular formula is C27H29N5O4. The average molecular weight is 488 g/mol. The molecule has 0 spiro atoms. The number of aliphatic hydroxyl groups excluding tert-OH is 1. The number of hydrogen-bond acceptors (Lipinski definition) is 6. The van der Waals surface area contributed by atoms with Crippen LogP contribution in [0.2, 0.25) is 0 Å². The summed E-state index contributed by atoms with van der Waals surface area (Å²) >= 11 is 0. The van der Waals surface area contributed by atoms with E-state index < -0.39 is 11.9 Å². The highest BCUT2D eigenvalue weighted by atomic mass is 16.3. The summed E-state index contributed by atoms with van der Waals surface area (Å²) in [4.78, 5) is 46.0. The fraction of sp³-hybridized carbons (Fsp3) is 0.407. The van der Waals surface area contributed by atoms with Crippen LogP contribution in [0.25, 0.3) is 22.3 Å². The van der Waals surface area contributed by atoms with E-state index >= 15 is 0 Å². The summed E-state index contributed by atoms with van der Waals surface area (Å²) in [6.07, 6.45) is 4.99. The second kappa shape index (κ2) is 9.15. The largest absolute Gasteiger partial charge is 0.395 e. The summed E-state index contributed by atoms with van der Waals surface area (Å²) in [6, 6.07) is 9.31. The third kappa shape index (κ3) is 3.98. The van der Waals surface area contributed by atoms with Gasteiger partial charge in [-0.05, 0) is 67.7 Å². The summed E-state index contributed by atoms with van der Waals surface area (Å²) in [6.45, 7) is 3.87. The van der Waals surface area contributed by atoms with Crippen LogP contribution in [0.15, 0.2) is 36.5 Å². The van der Waals surface area contributed by atoms with Crippen LogP contribution >= 0.6 is 0 Å². The Morgan fingerprint density at radius 2 is 1.92 bits per heavy atom. The molecule has 0 saturated carbocycles. The van der Waals surface area contributed by atoms with Gasteiger partial charge in [0.2, 0.25) is 11.8 Å². The second-order valence-corrected chi connectivity index (χ2v) is 9.89. The number of rotatable bonds is 6. The van der Waals surface area contributed by atoms with Crippen molar-refractivity contribution in [2.75, 3.05) is 19.7 Å². The van der Waals surface area contributed by atoms with Crippen LogP contribution in [-0.2, 0) is 29.2 Å². The van der Waals surface area contributed by atoms with Crippen molar-refractivity contribution in [2.24, 2.45) is 0 Å². The highest BCUT2D eigenvalue weighted by molar-refractivity contribution is 6.05. The van der Waals surface area contributed by atoms with Gasteiger partial charge in [0.15, 0.2) is 0 Å². The Hall–Kier alpha value is -3.56. The smallest absolute Gasteiger partial charge is 0.255 e. The molecule has 36 heavy (non-hydrogen) atoms. The van der Waals surface area contributed by atoms with E-state index in [2.05, 4.69) is 22.3 Å². The lowest BCUT2D eigenvalue weighted by molar-refractivity contribution is -0.136. The number of nitrogens with one attached hydrogen (secondary N) is 1. The van der Waals surface area contributed by atoms with Crippen LogP contribution in [0.5, 0.6) is 0 Å². The number of pyridine rings is 1. The van der Waals surface area contributed by atoms with Crippen molar-refractivity contribution in [3.63, 3.8) is 0 Å². The van der Waals surface area contributed by atoms with Gasteiger partial charge < -0.3 is 14.6 Å². The van der Waals surface area contributed by atoms with E-state index in [0.717, 1.165) is 47.5 Å². The predicted octanol–water partition coefficient (Wildman–Crippen LogP) is 2.05. The molecule has 6 rings (SSSR count). The van der Waals surface area contributed by atoms with Gasteiger partial charge in [-0.3, -0.25) is 24.6 Å². The Morgan fingerprint density at radius 1 is 1.08 bits per heavy atom. The number of hydrogen-bond donors (Lipinski definition) is 2. The molecule has 2 aromatic heterocycles. The highest BCUT2D eigenvalue weighted by Gasteiger charge is 2.39. The van der Waals surface area contributed by atoms with Gasteiger partial charge in [-0.15, -0.1) is 0 Å². The first-order valence-electron chi connectivity index (χ1n) is 12.6. The fourth-order valence-corrected chi connectivity index (χ4v) is 5.71. The second-order valence-electron chi connectivity index (χ2n) is 9.89. The van der Waals surface area contributed by atoms with Crippen molar-refractivity contribution in [3.05, 3.63) is 53.2 Å². The van der Waals surface area contributed by atoms with Crippen molar-refractivity contribution < 1.29 is 19.5 Å². The third-order valence-corrected chi connectivity index (χ3v) is 7.57. The summed E-state index contributed by atoms with van der Waals surface area (Å²) < 4.78 is 1.98. The van der Waals surface area contributed by atoms with E-state index in [1.165, 1.54) is 18.4 Å². The van der Waals surface area contributed by atoms with Gasteiger partial charge >= 0.3 is 0 Å². The summed E-state index contributed by atoms with van der Waals surface area (Å²) in [5.41, 5.74) is 5.23. The van der Waals surface area contributed by atoms with Crippen LogP contribution in [0.3, 0.4) is 0 Å². The van der Waals surface area contributed by atoms with Gasteiger partial charge in [0.25, 0.3) is 5.91 Å². The number of carbonyl (C=O) groups is 3. The first kappa shape index (κ1) is 22.9. The molecule has 2 saturated heterocycles. The van der Waals surface area contributed by atoms with E-state index in [9.17, 15) is 19.5 Å². The van der Waals surface area contributed by atoms with E-state index in [1.807, 2.05) is 29.0 Å². The molecule has 0 aliphatic carbocycles. The van der Waals surface area contributed by atoms with Crippen LogP contribution in [0.1, 0.15) is 47.2 Å². The lowest BCUT2D eigenvalue weighted by atomic mass is 10.0. The highest BCUT2D eigenvalue weighted by Crippen LogP contribution is 2.33. The van der Waals surface area contributed by atoms with Crippen molar-refractivity contribution in [2.45, 2.75) is 51.4 Å². The number of amides is 3. The average Bonchev–Trinajstić information content (AvgIpc) is 3.60. The van der Waals surface area contributed by atoms with E-state index in [-0.39, 0.29) is 24.8 Å². The number of imide groups is 1. The summed E-state index contributed by atoms with van der Waals surface area (Å²) in [7, 11) is 0. The molecule has 1 unspecified atom stereocenters. The SMILES string of the molecule is O=C1CCC(N2Cc3cc(-c4cc(CN5CCCC5)c5ccn(CCO)c5n4)ccc3C2=O)C(=O)N1. The van der Waals surface area contributed by atoms with Crippen LogP contribution in [-0.4, -0.2) is 67.9 Å². The number of piperidine rings is 1. The van der Waals surface area contributed by atoms with Gasteiger partial charge in [-0.25, -0.2) is 4.98 Å². The van der Waals surface area contributed by atoms with Crippen molar-refractivity contribution in [1.82, 2.24) is 24.7 Å². The molecule has 3 aromatic rings. The number of aliphatic hydroxyl groups is 1. The Labute approximate surface area is 208 Å². The van der Waals surface area contributed by atoms with Gasteiger partial charge in [0, 0.05) is 48.8 Å². The summed E-state index contributed by atoms with van der Waals surface area (Å²) in [5.74, 6) is -0.878. The first-order chi connectivity index (χ1) is 17.5. The van der Waals surface area contributed by atoms with E-state index in [0.29, 0.717) is 25.1 Å². The van der Waals surface area contributed by atoms with E-state index in [4.69, 9.17) is 4.98 Å². The van der Waals surface area contributed by atoms with Crippen molar-refractivity contribution in [1.29, 1.82) is 0 Å². The molecule has 3 amide bonds. The van der Waals surface area contributed by atoms with Gasteiger partial charge in [-0.1, -0.05) is 6.07 Å². The molecule has 5 heterocycles. The predicted molar refractivity (Wildman–Crippen MR) is 133 cm³/mol. The Kier molecular flexibility index (Phi) is 5.81. The molecule has 0 bridgehead atoms. The minimum Gasteiger partial charge on any atom is -0.395 e. The van der Waals surface area contributed by atoms with Crippen LogP contribution in [0, 0.1) is 0 Å². The van der Waals surface area contributed by atoms with Crippen LogP contribution in [0.4, 0.5) is 0 Å². The molecule has 3 aliphatic rings. The standard InChI is InChI=1S/C27H29N5O4/c33-12-11-31-10-7-20-19(15-30-8-1-2-9-30)14-22(28-25(20)31)17-3-4-21-18(13-17)16-32(27(21)36)23-5-6-24(34)29-26(23)35/h3-4,7,10,13-14,23,33H,1-2,5-6,8-9,11-12,15-16H2,(H,29,34,35). The molecule has 9 nitrogen and oxygen atoms in total.